The van der Waals surface area contributed by atoms with E-state index < -0.39 is 8.32 Å². The highest BCUT2D eigenvalue weighted by Crippen LogP contribution is 1.98. The standard InChI is InChI=1S/C5H13NO2Si/c1-5(7)6-8-9(2,3)4/h1-4H3,(H,6,7). The molecular formula is C5H13NO2Si. The first-order valence-corrected chi connectivity index (χ1v) is 6.27. The Morgan fingerprint density at radius 3 is 2.00 bits per heavy atom. The number of hydrogen-bond acceptors (Lipinski definition) is 2. The first kappa shape index (κ1) is 8.65. The second-order valence-corrected chi connectivity index (χ2v) is 7.30. The van der Waals surface area contributed by atoms with Crippen LogP contribution in [0, 0.1) is 0 Å². The molecule has 0 heterocycles. The lowest BCUT2D eigenvalue weighted by atomic mass is 10.8. The van der Waals surface area contributed by atoms with Crippen molar-refractivity contribution in [2.45, 2.75) is 26.6 Å². The van der Waals surface area contributed by atoms with Crippen LogP contribution in [0.2, 0.25) is 19.6 Å². The molecule has 0 fully saturated rings. The lowest BCUT2D eigenvalue weighted by Crippen LogP contribution is -2.35. The van der Waals surface area contributed by atoms with Gasteiger partial charge in [0.1, 0.15) is 0 Å². The molecule has 0 aromatic carbocycles. The smallest absolute Gasteiger partial charge is 0.239 e. The van der Waals surface area contributed by atoms with E-state index in [2.05, 4.69) is 5.48 Å². The van der Waals surface area contributed by atoms with Crippen LogP contribution in [0.15, 0.2) is 0 Å². The molecule has 0 bridgehead atoms. The van der Waals surface area contributed by atoms with E-state index in [4.69, 9.17) is 4.53 Å². The summed E-state index contributed by atoms with van der Waals surface area (Å²) < 4.78 is 5.03. The molecule has 1 N–H and O–H groups in total. The Morgan fingerprint density at radius 2 is 1.89 bits per heavy atom. The maximum atomic E-state index is 10.3. The number of nitrogens with one attached hydrogen (secondary N) is 1. The van der Waals surface area contributed by atoms with E-state index in [0.29, 0.717) is 0 Å². The number of carbonyl (C=O) groups is 1. The molecular weight excluding hydrogens is 134 g/mol. The molecule has 0 unspecified atom stereocenters. The number of carbonyl (C=O) groups excluding carboxylic acids is 1. The summed E-state index contributed by atoms with van der Waals surface area (Å²) in [6.07, 6.45) is 0. The van der Waals surface area contributed by atoms with Gasteiger partial charge >= 0.3 is 0 Å². The lowest BCUT2D eigenvalue weighted by Gasteiger charge is -2.15. The number of rotatable bonds is 2. The van der Waals surface area contributed by atoms with Crippen LogP contribution >= 0.6 is 0 Å². The second kappa shape index (κ2) is 2.98. The molecule has 0 atom stereocenters. The number of hydrogen-bond donors (Lipinski definition) is 1. The Labute approximate surface area is 56.5 Å². The first-order valence-electron chi connectivity index (χ1n) is 2.86. The van der Waals surface area contributed by atoms with E-state index >= 15 is 0 Å². The van der Waals surface area contributed by atoms with Gasteiger partial charge in [0.05, 0.1) is 0 Å². The molecule has 0 aliphatic heterocycles. The van der Waals surface area contributed by atoms with Crippen molar-refractivity contribution in [3.8, 4) is 0 Å². The van der Waals surface area contributed by atoms with Gasteiger partial charge in [-0.05, 0) is 19.6 Å². The Hall–Kier alpha value is -0.353. The van der Waals surface area contributed by atoms with Crippen molar-refractivity contribution in [3.63, 3.8) is 0 Å². The summed E-state index contributed by atoms with van der Waals surface area (Å²) in [6, 6.07) is 0. The van der Waals surface area contributed by atoms with E-state index in [1.165, 1.54) is 6.92 Å². The normalized spacial score (nSPS) is 11.1. The molecule has 0 aliphatic carbocycles. The van der Waals surface area contributed by atoms with Crippen LogP contribution < -0.4 is 5.48 Å². The zero-order valence-electron chi connectivity index (χ0n) is 6.32. The van der Waals surface area contributed by atoms with E-state index in [1.54, 1.807) is 0 Å². The number of hydroxylamine groups is 1. The average Bonchev–Trinajstić information content (AvgIpc) is 1.59. The van der Waals surface area contributed by atoms with Crippen LogP contribution in [0.5, 0.6) is 0 Å². The van der Waals surface area contributed by atoms with Crippen molar-refractivity contribution in [1.29, 1.82) is 0 Å². The van der Waals surface area contributed by atoms with Gasteiger partial charge in [-0.2, -0.15) is 0 Å². The Kier molecular flexibility index (Phi) is 2.86. The van der Waals surface area contributed by atoms with E-state index in [1.807, 2.05) is 19.6 Å². The summed E-state index contributed by atoms with van der Waals surface area (Å²) in [6.45, 7) is 7.44. The van der Waals surface area contributed by atoms with Gasteiger partial charge in [0.2, 0.25) is 14.2 Å². The largest absolute Gasteiger partial charge is 0.320 e. The molecule has 1 amide bonds. The van der Waals surface area contributed by atoms with Gasteiger partial charge in [-0.15, -0.1) is 0 Å². The predicted octanol–water partition coefficient (Wildman–Crippen LogP) is 0.889. The van der Waals surface area contributed by atoms with Crippen LogP contribution in [0.4, 0.5) is 0 Å². The molecule has 4 heteroatoms. The van der Waals surface area contributed by atoms with Crippen molar-refractivity contribution < 1.29 is 9.32 Å². The monoisotopic (exact) mass is 147 g/mol. The first-order chi connectivity index (χ1) is 3.92. The fourth-order valence-electron chi connectivity index (χ4n) is 0.225. The maximum Gasteiger partial charge on any atom is 0.239 e. The lowest BCUT2D eigenvalue weighted by molar-refractivity contribution is -0.125. The van der Waals surface area contributed by atoms with Gasteiger partial charge in [-0.3, -0.25) is 4.79 Å². The molecule has 3 nitrogen and oxygen atoms in total. The highest BCUT2D eigenvalue weighted by molar-refractivity contribution is 6.69. The SMILES string of the molecule is CC(=O)NO[Si](C)(C)C. The molecule has 0 radical (unpaired) electrons. The summed E-state index contributed by atoms with van der Waals surface area (Å²) >= 11 is 0. The topological polar surface area (TPSA) is 38.3 Å². The summed E-state index contributed by atoms with van der Waals surface area (Å²) in [4.78, 5) is 10.3. The highest BCUT2D eigenvalue weighted by Gasteiger charge is 2.14. The predicted molar refractivity (Wildman–Crippen MR) is 38.2 cm³/mol. The van der Waals surface area contributed by atoms with Crippen molar-refractivity contribution in [3.05, 3.63) is 0 Å². The van der Waals surface area contributed by atoms with Crippen molar-refractivity contribution in [1.82, 2.24) is 5.48 Å². The zero-order chi connectivity index (χ0) is 7.49. The van der Waals surface area contributed by atoms with Crippen LogP contribution in [0.25, 0.3) is 0 Å². The summed E-state index contributed by atoms with van der Waals surface area (Å²) in [7, 11) is -1.55. The van der Waals surface area contributed by atoms with Gasteiger partial charge in [0.15, 0.2) is 0 Å². The van der Waals surface area contributed by atoms with Crippen LogP contribution in [0.3, 0.4) is 0 Å². The van der Waals surface area contributed by atoms with Crippen molar-refractivity contribution in [2.24, 2.45) is 0 Å². The van der Waals surface area contributed by atoms with E-state index in [0.717, 1.165) is 0 Å². The van der Waals surface area contributed by atoms with Gasteiger partial charge < -0.3 is 4.53 Å². The van der Waals surface area contributed by atoms with E-state index in [9.17, 15) is 4.79 Å². The second-order valence-electron chi connectivity index (χ2n) is 2.87. The molecule has 0 saturated heterocycles. The fourth-order valence-corrected chi connectivity index (χ4v) is 0.675. The molecule has 0 saturated carbocycles. The third-order valence-corrected chi connectivity index (χ3v) is 1.22. The minimum absolute atomic E-state index is 0.141. The van der Waals surface area contributed by atoms with E-state index in [-0.39, 0.29) is 5.91 Å². The molecule has 0 aliphatic rings. The molecule has 54 valence electrons. The fraction of sp³-hybridized carbons (Fsp3) is 0.800. The summed E-state index contributed by atoms with van der Waals surface area (Å²) in [5.41, 5.74) is 2.31. The third-order valence-electron chi connectivity index (χ3n) is 0.501. The average molecular weight is 147 g/mol. The molecule has 0 spiro atoms. The Morgan fingerprint density at radius 1 is 1.44 bits per heavy atom. The summed E-state index contributed by atoms with van der Waals surface area (Å²) in [5, 5.41) is 0. The molecule has 0 aromatic heterocycles. The maximum absolute atomic E-state index is 10.3. The molecule has 9 heavy (non-hydrogen) atoms. The van der Waals surface area contributed by atoms with Crippen molar-refractivity contribution in [2.75, 3.05) is 0 Å². The molecule has 0 aromatic rings. The molecule has 0 rings (SSSR count). The van der Waals surface area contributed by atoms with Gasteiger partial charge in [0, 0.05) is 6.92 Å². The third kappa shape index (κ3) is 7.65. The van der Waals surface area contributed by atoms with Crippen LogP contribution in [-0.4, -0.2) is 14.2 Å². The van der Waals surface area contributed by atoms with Crippen molar-refractivity contribution >= 4 is 14.2 Å². The van der Waals surface area contributed by atoms with Crippen LogP contribution in [-0.2, 0) is 9.32 Å². The Bertz CT molecular complexity index is 108. The number of amides is 1. The van der Waals surface area contributed by atoms with Gasteiger partial charge in [-0.1, -0.05) is 0 Å². The van der Waals surface area contributed by atoms with Gasteiger partial charge in [-0.25, -0.2) is 5.48 Å². The minimum Gasteiger partial charge on any atom is -0.320 e. The Balaban J connectivity index is 3.39. The summed E-state index contributed by atoms with van der Waals surface area (Å²) in [5.74, 6) is -0.141. The van der Waals surface area contributed by atoms with Crippen LogP contribution in [0.1, 0.15) is 6.92 Å². The quantitative estimate of drug-likeness (QED) is 0.465. The highest BCUT2D eigenvalue weighted by atomic mass is 28.4. The van der Waals surface area contributed by atoms with Gasteiger partial charge in [0.25, 0.3) is 0 Å². The zero-order valence-corrected chi connectivity index (χ0v) is 7.32. The minimum atomic E-state index is -1.55.